The Labute approximate surface area is 138 Å². The number of aliphatic carboxylic acids is 1. The fraction of sp³-hybridized carbons (Fsp3) is 0.308. The van der Waals surface area contributed by atoms with Gasteiger partial charge in [0.05, 0.1) is 22.9 Å². The van der Waals surface area contributed by atoms with Gasteiger partial charge in [-0.3, -0.25) is 9.59 Å². The lowest BCUT2D eigenvalue weighted by Gasteiger charge is -2.07. The van der Waals surface area contributed by atoms with E-state index in [1.165, 1.54) is 11.3 Å². The number of rotatable bonds is 6. The minimum atomic E-state index is -0.922. The normalized spacial score (nSPS) is 12.1. The lowest BCUT2D eigenvalue weighted by Crippen LogP contribution is -2.32. The Morgan fingerprint density at radius 3 is 2.81 bits per heavy atom. The second kappa shape index (κ2) is 7.15. The molecule has 2 N–H and O–H groups in total. The van der Waals surface area contributed by atoms with Crippen LogP contribution in [0.2, 0.25) is 0 Å². The average molecular weight is 389 g/mol. The third kappa shape index (κ3) is 4.62. The molecule has 2 heterocycles. The maximum atomic E-state index is 11.7. The molecule has 2 aromatic rings. The molecule has 0 saturated carbocycles. The Bertz CT molecular complexity index is 653. The molecule has 0 aliphatic carbocycles. The van der Waals surface area contributed by atoms with Crippen molar-refractivity contribution in [3.05, 3.63) is 27.0 Å². The van der Waals surface area contributed by atoms with Gasteiger partial charge in [0.1, 0.15) is 5.01 Å². The van der Waals surface area contributed by atoms with Gasteiger partial charge >= 0.3 is 5.97 Å². The molecular weight excluding hydrogens is 376 g/mol. The number of halogens is 1. The highest BCUT2D eigenvalue weighted by Gasteiger charge is 2.14. The first-order valence-electron chi connectivity index (χ1n) is 6.14. The van der Waals surface area contributed by atoms with E-state index in [0.717, 1.165) is 14.4 Å². The van der Waals surface area contributed by atoms with Gasteiger partial charge in [-0.15, -0.1) is 22.7 Å². The smallest absolute Gasteiger partial charge is 0.308 e. The summed E-state index contributed by atoms with van der Waals surface area (Å²) in [4.78, 5) is 27.9. The second-order valence-electron chi connectivity index (χ2n) is 4.49. The molecule has 0 bridgehead atoms. The van der Waals surface area contributed by atoms with Crippen LogP contribution in [0, 0.1) is 5.92 Å². The van der Waals surface area contributed by atoms with E-state index in [0.29, 0.717) is 5.69 Å². The molecule has 0 fully saturated rings. The molecule has 1 atom stereocenters. The predicted molar refractivity (Wildman–Crippen MR) is 86.6 cm³/mol. The van der Waals surface area contributed by atoms with Gasteiger partial charge in [0.15, 0.2) is 0 Å². The Morgan fingerprint density at radius 2 is 2.19 bits per heavy atom. The SMILES string of the molecule is CC(CNC(=O)Cc1csc(-c2cc(Br)cs2)n1)C(=O)O. The largest absolute Gasteiger partial charge is 0.481 e. The van der Waals surface area contributed by atoms with Crippen LogP contribution in [0.1, 0.15) is 12.6 Å². The monoisotopic (exact) mass is 388 g/mol. The summed E-state index contributed by atoms with van der Waals surface area (Å²) in [5, 5.41) is 16.1. The Balaban J connectivity index is 1.90. The first kappa shape index (κ1) is 16.1. The zero-order chi connectivity index (χ0) is 15.4. The van der Waals surface area contributed by atoms with E-state index in [2.05, 4.69) is 26.2 Å². The fourth-order valence-electron chi connectivity index (χ4n) is 1.51. The van der Waals surface area contributed by atoms with Gasteiger partial charge in [-0.1, -0.05) is 6.92 Å². The molecule has 0 aromatic carbocycles. The minimum absolute atomic E-state index is 0.128. The summed E-state index contributed by atoms with van der Waals surface area (Å²) in [6, 6.07) is 1.99. The van der Waals surface area contributed by atoms with Gasteiger partial charge in [0, 0.05) is 21.8 Å². The van der Waals surface area contributed by atoms with Gasteiger partial charge in [-0.2, -0.15) is 0 Å². The van der Waals surface area contributed by atoms with Crippen molar-refractivity contribution in [1.82, 2.24) is 10.3 Å². The Morgan fingerprint density at radius 1 is 1.43 bits per heavy atom. The van der Waals surface area contributed by atoms with Crippen molar-refractivity contribution in [2.24, 2.45) is 5.92 Å². The molecular formula is C13H13BrN2O3S2. The number of hydrogen-bond donors (Lipinski definition) is 2. The summed E-state index contributed by atoms with van der Waals surface area (Å²) in [7, 11) is 0. The molecule has 5 nitrogen and oxygen atoms in total. The van der Waals surface area contributed by atoms with Crippen LogP contribution in [0.5, 0.6) is 0 Å². The number of hydrogen-bond acceptors (Lipinski definition) is 5. The van der Waals surface area contributed by atoms with E-state index in [1.54, 1.807) is 18.3 Å². The Hall–Kier alpha value is -1.25. The van der Waals surface area contributed by atoms with Crippen molar-refractivity contribution >= 4 is 50.5 Å². The van der Waals surface area contributed by atoms with E-state index in [1.807, 2.05) is 16.8 Å². The average Bonchev–Trinajstić information content (AvgIpc) is 3.04. The maximum absolute atomic E-state index is 11.7. The quantitative estimate of drug-likeness (QED) is 0.796. The van der Waals surface area contributed by atoms with Crippen LogP contribution >= 0.6 is 38.6 Å². The highest BCUT2D eigenvalue weighted by Crippen LogP contribution is 2.31. The van der Waals surface area contributed by atoms with Gasteiger partial charge in [-0.25, -0.2) is 4.98 Å². The van der Waals surface area contributed by atoms with Gasteiger partial charge < -0.3 is 10.4 Å². The highest BCUT2D eigenvalue weighted by atomic mass is 79.9. The lowest BCUT2D eigenvalue weighted by atomic mass is 10.2. The van der Waals surface area contributed by atoms with Crippen molar-refractivity contribution in [3.8, 4) is 9.88 Å². The maximum Gasteiger partial charge on any atom is 0.308 e. The van der Waals surface area contributed by atoms with E-state index in [9.17, 15) is 9.59 Å². The molecule has 2 aromatic heterocycles. The number of amides is 1. The Kier molecular flexibility index (Phi) is 5.49. The van der Waals surface area contributed by atoms with Crippen LogP contribution in [0.15, 0.2) is 21.3 Å². The number of aromatic nitrogens is 1. The minimum Gasteiger partial charge on any atom is -0.481 e. The lowest BCUT2D eigenvalue weighted by molar-refractivity contribution is -0.141. The molecule has 0 spiro atoms. The van der Waals surface area contributed by atoms with Crippen LogP contribution < -0.4 is 5.32 Å². The third-order valence-corrected chi connectivity index (χ3v) is 5.45. The van der Waals surface area contributed by atoms with Crippen molar-refractivity contribution in [2.75, 3.05) is 6.54 Å². The van der Waals surface area contributed by atoms with Crippen molar-refractivity contribution in [2.45, 2.75) is 13.3 Å². The number of carbonyl (C=O) groups is 2. The standard InChI is InChI=1S/C13H13BrN2O3S2/c1-7(13(18)19)4-15-11(17)3-9-6-21-12(16-9)10-2-8(14)5-20-10/h2,5-7H,3-4H2,1H3,(H,15,17)(H,18,19). The number of nitrogens with one attached hydrogen (secondary N) is 1. The summed E-state index contributed by atoms with van der Waals surface area (Å²) in [6.45, 7) is 1.68. The van der Waals surface area contributed by atoms with Crippen LogP contribution in [0.3, 0.4) is 0 Å². The molecule has 112 valence electrons. The van der Waals surface area contributed by atoms with Crippen molar-refractivity contribution in [1.29, 1.82) is 0 Å². The molecule has 21 heavy (non-hydrogen) atoms. The predicted octanol–water partition coefficient (Wildman–Crippen LogP) is 3.01. The molecule has 0 aliphatic heterocycles. The molecule has 8 heteroatoms. The number of nitrogens with zero attached hydrogens (tertiary/aromatic N) is 1. The molecule has 0 radical (unpaired) electrons. The van der Waals surface area contributed by atoms with E-state index in [-0.39, 0.29) is 18.9 Å². The van der Waals surface area contributed by atoms with Crippen molar-refractivity contribution < 1.29 is 14.7 Å². The molecule has 0 saturated heterocycles. The molecule has 1 amide bonds. The first-order chi connectivity index (χ1) is 9.95. The number of carbonyl (C=O) groups excluding carboxylic acids is 1. The zero-order valence-corrected chi connectivity index (χ0v) is 14.3. The molecule has 1 unspecified atom stereocenters. The topological polar surface area (TPSA) is 79.3 Å². The summed E-state index contributed by atoms with van der Waals surface area (Å²) >= 11 is 6.48. The second-order valence-corrected chi connectivity index (χ2v) is 7.18. The van der Waals surface area contributed by atoms with Crippen LogP contribution in [0.25, 0.3) is 9.88 Å². The summed E-state index contributed by atoms with van der Waals surface area (Å²) in [6.07, 6.45) is 0.162. The van der Waals surface area contributed by atoms with Gasteiger partial charge in [0.2, 0.25) is 5.91 Å². The van der Waals surface area contributed by atoms with E-state index in [4.69, 9.17) is 5.11 Å². The van der Waals surface area contributed by atoms with Crippen LogP contribution in [0.4, 0.5) is 0 Å². The summed E-state index contributed by atoms with van der Waals surface area (Å²) in [5.74, 6) is -1.73. The number of thiazole rings is 1. The fourth-order valence-corrected chi connectivity index (χ4v) is 3.84. The van der Waals surface area contributed by atoms with Crippen LogP contribution in [-0.4, -0.2) is 28.5 Å². The number of carboxylic acid groups (broad SMARTS) is 1. The van der Waals surface area contributed by atoms with Gasteiger partial charge in [0.25, 0.3) is 0 Å². The summed E-state index contributed by atoms with van der Waals surface area (Å²) < 4.78 is 1.01. The number of thiophene rings is 1. The number of carboxylic acids is 1. The zero-order valence-electron chi connectivity index (χ0n) is 11.1. The third-order valence-electron chi connectivity index (χ3n) is 2.70. The van der Waals surface area contributed by atoms with Crippen molar-refractivity contribution in [3.63, 3.8) is 0 Å². The van der Waals surface area contributed by atoms with Gasteiger partial charge in [-0.05, 0) is 22.0 Å². The molecule has 2 rings (SSSR count). The molecule has 0 aliphatic rings. The highest BCUT2D eigenvalue weighted by molar-refractivity contribution is 9.10. The summed E-state index contributed by atoms with van der Waals surface area (Å²) in [5.41, 5.74) is 0.694. The first-order valence-corrected chi connectivity index (χ1v) is 8.69. The van der Waals surface area contributed by atoms with E-state index >= 15 is 0 Å². The van der Waals surface area contributed by atoms with Crippen LogP contribution in [-0.2, 0) is 16.0 Å². The van der Waals surface area contributed by atoms with E-state index < -0.39 is 11.9 Å².